The van der Waals surface area contributed by atoms with Gasteiger partial charge in [0.2, 0.25) is 0 Å². The fourth-order valence-corrected chi connectivity index (χ4v) is 4.13. The molecular formula is C19H31N. The van der Waals surface area contributed by atoms with Gasteiger partial charge < -0.3 is 5.73 Å². The normalized spacial score (nSPS) is 25.7. The second kappa shape index (κ2) is 5.89. The second-order valence-corrected chi connectivity index (χ2v) is 7.74. The number of rotatable bonds is 3. The van der Waals surface area contributed by atoms with Crippen molar-refractivity contribution in [3.8, 4) is 0 Å². The van der Waals surface area contributed by atoms with Crippen molar-refractivity contribution in [2.24, 2.45) is 23.0 Å². The summed E-state index contributed by atoms with van der Waals surface area (Å²) in [6, 6.07) is 4.65. The lowest BCUT2D eigenvalue weighted by molar-refractivity contribution is 0.121. The zero-order valence-electron chi connectivity index (χ0n) is 13.9. The summed E-state index contributed by atoms with van der Waals surface area (Å²) < 4.78 is 0. The highest BCUT2D eigenvalue weighted by Gasteiger charge is 2.34. The quantitative estimate of drug-likeness (QED) is 0.858. The number of benzene rings is 1. The van der Waals surface area contributed by atoms with Crippen LogP contribution in [0.3, 0.4) is 0 Å². The van der Waals surface area contributed by atoms with Crippen molar-refractivity contribution in [2.45, 2.75) is 60.3 Å². The summed E-state index contributed by atoms with van der Waals surface area (Å²) in [6.07, 6.45) is 5.17. The molecule has 2 unspecified atom stereocenters. The van der Waals surface area contributed by atoms with Crippen molar-refractivity contribution in [1.82, 2.24) is 0 Å². The molecule has 112 valence electrons. The van der Waals surface area contributed by atoms with E-state index in [2.05, 4.69) is 46.8 Å². The molecule has 0 heterocycles. The monoisotopic (exact) mass is 273 g/mol. The van der Waals surface area contributed by atoms with Crippen molar-refractivity contribution in [1.29, 1.82) is 0 Å². The molecule has 1 heteroatoms. The molecule has 0 saturated heterocycles. The van der Waals surface area contributed by atoms with Gasteiger partial charge in [-0.1, -0.05) is 31.5 Å². The van der Waals surface area contributed by atoms with Crippen molar-refractivity contribution in [3.05, 3.63) is 34.4 Å². The highest BCUT2D eigenvalue weighted by Crippen LogP contribution is 2.43. The molecule has 1 aromatic rings. The Bertz CT molecular complexity index is 450. The third kappa shape index (κ3) is 3.44. The van der Waals surface area contributed by atoms with E-state index in [0.29, 0.717) is 11.3 Å². The van der Waals surface area contributed by atoms with Gasteiger partial charge in [-0.2, -0.15) is 0 Å². The zero-order valence-corrected chi connectivity index (χ0v) is 13.9. The fourth-order valence-electron chi connectivity index (χ4n) is 4.13. The summed E-state index contributed by atoms with van der Waals surface area (Å²) in [5.41, 5.74) is 12.4. The maximum Gasteiger partial charge on any atom is -0.00461 e. The third-order valence-electron chi connectivity index (χ3n) is 5.28. The first-order valence-corrected chi connectivity index (χ1v) is 8.09. The van der Waals surface area contributed by atoms with E-state index in [1.807, 2.05) is 0 Å². The lowest BCUT2D eigenvalue weighted by Crippen LogP contribution is -2.35. The molecule has 0 bridgehead atoms. The van der Waals surface area contributed by atoms with E-state index in [0.717, 1.165) is 12.5 Å². The summed E-state index contributed by atoms with van der Waals surface area (Å²) in [7, 11) is 0. The Balaban J connectivity index is 2.23. The minimum atomic E-state index is 0.489. The van der Waals surface area contributed by atoms with Gasteiger partial charge in [-0.05, 0) is 86.9 Å². The van der Waals surface area contributed by atoms with Crippen molar-refractivity contribution < 1.29 is 0 Å². The predicted octanol–water partition coefficient (Wildman–Crippen LogP) is 4.56. The maximum absolute atomic E-state index is 6.04. The molecule has 1 aliphatic rings. The molecule has 1 nitrogen and oxygen atoms in total. The van der Waals surface area contributed by atoms with Crippen LogP contribution < -0.4 is 5.73 Å². The van der Waals surface area contributed by atoms with Crippen LogP contribution in [0.25, 0.3) is 0 Å². The molecule has 0 amide bonds. The fraction of sp³-hybridized carbons (Fsp3) is 0.684. The smallest absolute Gasteiger partial charge is 0.00461 e. The Hall–Kier alpha value is -0.820. The molecule has 0 aliphatic heterocycles. The van der Waals surface area contributed by atoms with Crippen LogP contribution in [-0.2, 0) is 6.42 Å². The molecule has 1 saturated carbocycles. The summed E-state index contributed by atoms with van der Waals surface area (Å²) in [4.78, 5) is 0. The zero-order chi connectivity index (χ0) is 14.9. The van der Waals surface area contributed by atoms with Crippen LogP contribution in [0, 0.1) is 38.0 Å². The highest BCUT2D eigenvalue weighted by molar-refractivity contribution is 5.37. The van der Waals surface area contributed by atoms with Gasteiger partial charge in [0, 0.05) is 0 Å². The van der Waals surface area contributed by atoms with Crippen LogP contribution in [0.15, 0.2) is 12.1 Å². The van der Waals surface area contributed by atoms with Gasteiger partial charge in [-0.15, -0.1) is 0 Å². The Morgan fingerprint density at radius 2 is 1.70 bits per heavy atom. The number of hydrogen-bond acceptors (Lipinski definition) is 1. The molecule has 2 rings (SSSR count). The molecule has 0 radical (unpaired) electrons. The molecule has 2 atom stereocenters. The van der Waals surface area contributed by atoms with Crippen LogP contribution in [0.5, 0.6) is 0 Å². The van der Waals surface area contributed by atoms with Gasteiger partial charge in [0.1, 0.15) is 0 Å². The first-order chi connectivity index (χ1) is 9.32. The lowest BCUT2D eigenvalue weighted by atomic mass is 9.65. The average molecular weight is 273 g/mol. The van der Waals surface area contributed by atoms with Crippen molar-refractivity contribution in [3.63, 3.8) is 0 Å². The van der Waals surface area contributed by atoms with Crippen LogP contribution in [0.2, 0.25) is 0 Å². The lowest BCUT2D eigenvalue weighted by Gasteiger charge is -2.41. The van der Waals surface area contributed by atoms with Crippen molar-refractivity contribution >= 4 is 0 Å². The van der Waals surface area contributed by atoms with Gasteiger partial charge in [-0.3, -0.25) is 0 Å². The van der Waals surface area contributed by atoms with Gasteiger partial charge in [0.05, 0.1) is 0 Å². The van der Waals surface area contributed by atoms with Gasteiger partial charge in [0.15, 0.2) is 0 Å². The molecule has 1 aromatic carbocycles. The Kier molecular flexibility index (Phi) is 4.59. The molecule has 1 aliphatic carbocycles. The van der Waals surface area contributed by atoms with Crippen molar-refractivity contribution in [2.75, 3.05) is 6.54 Å². The van der Waals surface area contributed by atoms with Crippen LogP contribution in [0.1, 0.15) is 55.4 Å². The molecule has 20 heavy (non-hydrogen) atoms. The summed E-state index contributed by atoms with van der Waals surface area (Å²) in [5.74, 6) is 1.46. The topological polar surface area (TPSA) is 26.0 Å². The van der Waals surface area contributed by atoms with Crippen LogP contribution in [0.4, 0.5) is 0 Å². The molecular weight excluding hydrogens is 242 g/mol. The van der Waals surface area contributed by atoms with E-state index in [1.165, 1.54) is 42.4 Å². The van der Waals surface area contributed by atoms with Crippen LogP contribution in [-0.4, -0.2) is 6.54 Å². The minimum absolute atomic E-state index is 0.489. The molecule has 0 aromatic heterocycles. The van der Waals surface area contributed by atoms with E-state index in [4.69, 9.17) is 5.73 Å². The summed E-state index contributed by atoms with van der Waals surface area (Å²) in [5, 5.41) is 0. The summed E-state index contributed by atoms with van der Waals surface area (Å²) >= 11 is 0. The number of aryl methyl sites for hydroxylation is 3. The van der Waals surface area contributed by atoms with Crippen LogP contribution >= 0.6 is 0 Å². The SMILES string of the molecule is Cc1cc(C)c(CC2CC(C)(C)CCC2CN)c(C)c1. The number of hydrogen-bond donors (Lipinski definition) is 1. The van der Waals surface area contributed by atoms with Gasteiger partial charge in [0.25, 0.3) is 0 Å². The molecule has 1 fully saturated rings. The first-order valence-electron chi connectivity index (χ1n) is 8.09. The van der Waals surface area contributed by atoms with E-state index < -0.39 is 0 Å². The molecule has 0 spiro atoms. The van der Waals surface area contributed by atoms with Gasteiger partial charge >= 0.3 is 0 Å². The first kappa shape index (κ1) is 15.6. The standard InChI is InChI=1S/C19H31N/c1-13-8-14(2)18(15(3)9-13)10-17-11-19(4,5)7-6-16(17)12-20/h8-9,16-17H,6-7,10-12,20H2,1-5H3. The Labute approximate surface area is 125 Å². The molecule has 2 N–H and O–H groups in total. The average Bonchev–Trinajstić information content (AvgIpc) is 2.33. The highest BCUT2D eigenvalue weighted by atomic mass is 14.6. The number of nitrogens with two attached hydrogens (primary N) is 1. The summed E-state index contributed by atoms with van der Waals surface area (Å²) in [6.45, 7) is 12.4. The Morgan fingerprint density at radius 1 is 1.10 bits per heavy atom. The minimum Gasteiger partial charge on any atom is -0.330 e. The van der Waals surface area contributed by atoms with E-state index in [-0.39, 0.29) is 0 Å². The van der Waals surface area contributed by atoms with E-state index in [1.54, 1.807) is 5.56 Å². The maximum atomic E-state index is 6.04. The third-order valence-corrected chi connectivity index (χ3v) is 5.28. The predicted molar refractivity (Wildman–Crippen MR) is 88.0 cm³/mol. The van der Waals surface area contributed by atoms with Gasteiger partial charge in [-0.25, -0.2) is 0 Å². The van der Waals surface area contributed by atoms with E-state index >= 15 is 0 Å². The van der Waals surface area contributed by atoms with E-state index in [9.17, 15) is 0 Å². The largest absolute Gasteiger partial charge is 0.330 e. The second-order valence-electron chi connectivity index (χ2n) is 7.74. The Morgan fingerprint density at radius 3 is 2.25 bits per heavy atom.